The summed E-state index contributed by atoms with van der Waals surface area (Å²) in [7, 11) is 0. The second kappa shape index (κ2) is 5.97. The van der Waals surface area contributed by atoms with Gasteiger partial charge in [0.1, 0.15) is 12.1 Å². The van der Waals surface area contributed by atoms with Gasteiger partial charge in [-0.3, -0.25) is 0 Å². The Labute approximate surface area is 128 Å². The lowest BCUT2D eigenvalue weighted by molar-refractivity contribution is 0.438. The Morgan fingerprint density at radius 1 is 1.14 bits per heavy atom. The summed E-state index contributed by atoms with van der Waals surface area (Å²) in [5.41, 5.74) is 3.00. The lowest BCUT2D eigenvalue weighted by atomic mass is 10.1. The molecule has 0 fully saturated rings. The van der Waals surface area contributed by atoms with Crippen molar-refractivity contribution in [1.82, 2.24) is 14.8 Å². The molecular formula is C16H14ClN3O. The minimum absolute atomic E-state index is 0.320. The molecule has 0 radical (unpaired) electrons. The zero-order valence-corrected chi connectivity index (χ0v) is 12.3. The Morgan fingerprint density at radius 2 is 1.95 bits per heavy atom. The second-order valence-corrected chi connectivity index (χ2v) is 4.91. The van der Waals surface area contributed by atoms with Crippen molar-refractivity contribution in [2.75, 3.05) is 0 Å². The molecule has 0 spiro atoms. The predicted octanol–water partition coefficient (Wildman–Crippen LogP) is 4.11. The van der Waals surface area contributed by atoms with Gasteiger partial charge in [0.05, 0.1) is 5.69 Å². The maximum Gasteiger partial charge on any atom is 0.341 e. The summed E-state index contributed by atoms with van der Waals surface area (Å²) in [6.45, 7) is 1.97. The van der Waals surface area contributed by atoms with E-state index in [1.807, 2.05) is 55.5 Å². The summed E-state index contributed by atoms with van der Waals surface area (Å²) in [4.78, 5) is 4.18. The molecule has 106 valence electrons. The van der Waals surface area contributed by atoms with E-state index in [-0.39, 0.29) is 0 Å². The zero-order valence-electron chi connectivity index (χ0n) is 11.5. The number of aryl methyl sites for hydroxylation is 1. The van der Waals surface area contributed by atoms with E-state index in [4.69, 9.17) is 16.3 Å². The van der Waals surface area contributed by atoms with E-state index in [2.05, 4.69) is 10.1 Å². The van der Waals surface area contributed by atoms with Crippen LogP contribution < -0.4 is 4.74 Å². The first kappa shape index (κ1) is 13.6. The molecule has 4 nitrogen and oxygen atoms in total. The van der Waals surface area contributed by atoms with E-state index >= 15 is 0 Å². The van der Waals surface area contributed by atoms with Gasteiger partial charge in [-0.2, -0.15) is 4.98 Å². The molecule has 21 heavy (non-hydrogen) atoms. The molecule has 1 aromatic heterocycles. The monoisotopic (exact) mass is 299 g/mol. The molecular weight excluding hydrogens is 286 g/mol. The largest absolute Gasteiger partial charge is 0.423 e. The van der Waals surface area contributed by atoms with Crippen LogP contribution in [0.1, 0.15) is 11.1 Å². The van der Waals surface area contributed by atoms with E-state index in [0.717, 1.165) is 22.6 Å². The van der Waals surface area contributed by atoms with E-state index < -0.39 is 0 Å². The molecule has 3 aromatic rings. The third-order valence-corrected chi connectivity index (χ3v) is 3.40. The summed E-state index contributed by atoms with van der Waals surface area (Å²) in [6, 6.07) is 15.9. The van der Waals surface area contributed by atoms with Gasteiger partial charge in [0.2, 0.25) is 0 Å². The number of alkyl halides is 1. The van der Waals surface area contributed by atoms with E-state index in [9.17, 15) is 0 Å². The highest BCUT2D eigenvalue weighted by Gasteiger charge is 2.07. The Balaban J connectivity index is 1.82. The SMILES string of the molecule is Cc1cc(CCl)ccc1Oc1ncn(-c2ccccc2)n1. The number of para-hydroxylation sites is 1. The van der Waals surface area contributed by atoms with Crippen LogP contribution in [0.2, 0.25) is 0 Å². The van der Waals surface area contributed by atoms with Crippen LogP contribution in [0.3, 0.4) is 0 Å². The number of benzene rings is 2. The first-order valence-electron chi connectivity index (χ1n) is 6.56. The number of hydrogen-bond donors (Lipinski definition) is 0. The molecule has 5 heteroatoms. The first-order valence-corrected chi connectivity index (χ1v) is 7.10. The third kappa shape index (κ3) is 3.06. The molecule has 0 aliphatic heterocycles. The van der Waals surface area contributed by atoms with Crippen molar-refractivity contribution in [1.29, 1.82) is 0 Å². The van der Waals surface area contributed by atoms with Crippen molar-refractivity contribution in [2.45, 2.75) is 12.8 Å². The fraction of sp³-hybridized carbons (Fsp3) is 0.125. The summed E-state index contributed by atoms with van der Waals surface area (Å²) in [5.74, 6) is 1.22. The summed E-state index contributed by atoms with van der Waals surface area (Å²) >= 11 is 5.81. The van der Waals surface area contributed by atoms with Gasteiger partial charge in [-0.25, -0.2) is 4.68 Å². The smallest absolute Gasteiger partial charge is 0.341 e. The molecule has 0 aliphatic rings. The Kier molecular flexibility index (Phi) is 3.88. The van der Waals surface area contributed by atoms with Crippen LogP contribution >= 0.6 is 11.6 Å². The number of rotatable bonds is 4. The maximum atomic E-state index is 5.81. The van der Waals surface area contributed by atoms with Gasteiger partial charge < -0.3 is 4.74 Å². The normalized spacial score (nSPS) is 10.6. The maximum absolute atomic E-state index is 5.81. The average molecular weight is 300 g/mol. The summed E-state index contributed by atoms with van der Waals surface area (Å²) in [5, 5.41) is 4.32. The molecule has 0 atom stereocenters. The van der Waals surface area contributed by atoms with Crippen molar-refractivity contribution < 1.29 is 4.74 Å². The van der Waals surface area contributed by atoms with Gasteiger partial charge in [0, 0.05) is 5.88 Å². The lowest BCUT2D eigenvalue weighted by Crippen LogP contribution is -1.95. The summed E-state index contributed by atoms with van der Waals surface area (Å²) in [6.07, 6.45) is 1.63. The van der Waals surface area contributed by atoms with E-state index in [0.29, 0.717) is 11.9 Å². The number of hydrogen-bond acceptors (Lipinski definition) is 3. The average Bonchev–Trinajstić information content (AvgIpc) is 2.99. The molecule has 0 saturated carbocycles. The molecule has 0 N–H and O–H groups in total. The number of halogens is 1. The Bertz CT molecular complexity index is 740. The third-order valence-electron chi connectivity index (χ3n) is 3.09. The van der Waals surface area contributed by atoms with E-state index in [1.165, 1.54) is 0 Å². The van der Waals surface area contributed by atoms with Crippen LogP contribution in [0.15, 0.2) is 54.9 Å². The first-order chi connectivity index (χ1) is 10.3. The quantitative estimate of drug-likeness (QED) is 0.681. The van der Waals surface area contributed by atoms with Gasteiger partial charge in [-0.05, 0) is 36.2 Å². The predicted molar refractivity (Wildman–Crippen MR) is 82.2 cm³/mol. The molecule has 0 bridgehead atoms. The second-order valence-electron chi connectivity index (χ2n) is 4.64. The zero-order chi connectivity index (χ0) is 14.7. The number of nitrogens with zero attached hydrogens (tertiary/aromatic N) is 3. The van der Waals surface area contributed by atoms with Crippen LogP contribution in [0, 0.1) is 6.92 Å². The van der Waals surface area contributed by atoms with Crippen molar-refractivity contribution in [2.24, 2.45) is 0 Å². The Morgan fingerprint density at radius 3 is 2.67 bits per heavy atom. The molecule has 0 saturated heterocycles. The van der Waals surface area contributed by atoms with Crippen molar-refractivity contribution in [3.8, 4) is 17.4 Å². The van der Waals surface area contributed by atoms with Crippen LogP contribution in [0.25, 0.3) is 5.69 Å². The van der Waals surface area contributed by atoms with Crippen molar-refractivity contribution >= 4 is 11.6 Å². The highest BCUT2D eigenvalue weighted by Crippen LogP contribution is 2.24. The van der Waals surface area contributed by atoms with Gasteiger partial charge in [0.25, 0.3) is 0 Å². The van der Waals surface area contributed by atoms with Crippen LogP contribution in [0.4, 0.5) is 0 Å². The van der Waals surface area contributed by atoms with Gasteiger partial charge in [0.15, 0.2) is 0 Å². The molecule has 0 amide bonds. The van der Waals surface area contributed by atoms with Gasteiger partial charge in [-0.1, -0.05) is 30.3 Å². The molecule has 2 aromatic carbocycles. The van der Waals surface area contributed by atoms with Crippen LogP contribution in [0.5, 0.6) is 11.8 Å². The highest BCUT2D eigenvalue weighted by molar-refractivity contribution is 6.17. The highest BCUT2D eigenvalue weighted by atomic mass is 35.5. The fourth-order valence-corrected chi connectivity index (χ4v) is 2.17. The minimum atomic E-state index is 0.320. The summed E-state index contributed by atoms with van der Waals surface area (Å²) < 4.78 is 7.40. The van der Waals surface area contributed by atoms with Crippen molar-refractivity contribution in [3.63, 3.8) is 0 Å². The molecule has 0 unspecified atom stereocenters. The topological polar surface area (TPSA) is 39.9 Å². The van der Waals surface area contributed by atoms with Gasteiger partial charge in [-0.15, -0.1) is 16.7 Å². The minimum Gasteiger partial charge on any atom is -0.423 e. The lowest BCUT2D eigenvalue weighted by Gasteiger charge is -2.06. The fourth-order valence-electron chi connectivity index (χ4n) is 2.01. The van der Waals surface area contributed by atoms with Crippen LogP contribution in [-0.4, -0.2) is 14.8 Å². The van der Waals surface area contributed by atoms with E-state index in [1.54, 1.807) is 11.0 Å². The van der Waals surface area contributed by atoms with Crippen molar-refractivity contribution in [3.05, 3.63) is 66.0 Å². The molecule has 1 heterocycles. The van der Waals surface area contributed by atoms with Crippen LogP contribution in [-0.2, 0) is 5.88 Å². The number of aromatic nitrogens is 3. The molecule has 3 rings (SSSR count). The van der Waals surface area contributed by atoms with Gasteiger partial charge >= 0.3 is 6.01 Å². The standard InChI is InChI=1S/C16H14ClN3O/c1-12-9-13(10-17)7-8-15(12)21-16-18-11-20(19-16)14-5-3-2-4-6-14/h2-9,11H,10H2,1H3. The molecule has 0 aliphatic carbocycles. The Hall–Kier alpha value is -2.33. The number of ether oxygens (including phenoxy) is 1.